The third-order valence-corrected chi connectivity index (χ3v) is 3.66. The molecule has 17 heavy (non-hydrogen) atoms. The number of likely N-dealkylation sites (N-methyl/N-ethyl adjacent to an activating group) is 1. The topological polar surface area (TPSA) is 40.5 Å². The molecule has 1 atom stereocenters. The van der Waals surface area contributed by atoms with Gasteiger partial charge in [-0.15, -0.1) is 0 Å². The summed E-state index contributed by atoms with van der Waals surface area (Å²) in [5, 5.41) is 9.49. The van der Waals surface area contributed by atoms with Crippen LogP contribution in [0.15, 0.2) is 23.3 Å². The maximum atomic E-state index is 11.5. The van der Waals surface area contributed by atoms with Gasteiger partial charge in [-0.05, 0) is 38.6 Å². The Morgan fingerprint density at radius 1 is 1.41 bits per heavy atom. The van der Waals surface area contributed by atoms with E-state index in [1.807, 2.05) is 25.9 Å². The maximum absolute atomic E-state index is 11.5. The molecule has 0 radical (unpaired) electrons. The summed E-state index contributed by atoms with van der Waals surface area (Å²) in [6, 6.07) is 0. The summed E-state index contributed by atoms with van der Waals surface area (Å²) in [7, 11) is 3.70. The van der Waals surface area contributed by atoms with Gasteiger partial charge in [-0.25, -0.2) is 0 Å². The van der Waals surface area contributed by atoms with Gasteiger partial charge in [-0.2, -0.15) is 0 Å². The van der Waals surface area contributed by atoms with E-state index >= 15 is 0 Å². The van der Waals surface area contributed by atoms with Crippen LogP contribution in [0.2, 0.25) is 0 Å². The van der Waals surface area contributed by atoms with Crippen LogP contribution in [0, 0.1) is 0 Å². The average molecular weight is 237 g/mol. The van der Waals surface area contributed by atoms with Crippen molar-refractivity contribution < 1.29 is 9.90 Å². The van der Waals surface area contributed by atoms with Crippen LogP contribution in [0.1, 0.15) is 39.5 Å². The van der Waals surface area contributed by atoms with Gasteiger partial charge in [-0.3, -0.25) is 9.69 Å². The highest BCUT2D eigenvalue weighted by Crippen LogP contribution is 2.42. The van der Waals surface area contributed by atoms with E-state index in [1.165, 1.54) is 11.1 Å². The number of aliphatic carboxylic acids is 1. The van der Waals surface area contributed by atoms with Gasteiger partial charge in [0.25, 0.3) is 0 Å². The third kappa shape index (κ3) is 2.60. The molecule has 3 heteroatoms. The number of carboxylic acid groups (broad SMARTS) is 1. The molecule has 0 spiro atoms. The Labute approximate surface area is 104 Å². The smallest absolute Gasteiger partial charge is 0.324 e. The van der Waals surface area contributed by atoms with Gasteiger partial charge in [0.2, 0.25) is 0 Å². The van der Waals surface area contributed by atoms with Crippen LogP contribution < -0.4 is 0 Å². The molecule has 0 aromatic carbocycles. The van der Waals surface area contributed by atoms with Gasteiger partial charge in [0, 0.05) is 12.8 Å². The summed E-state index contributed by atoms with van der Waals surface area (Å²) >= 11 is 0. The molecule has 1 saturated carbocycles. The van der Waals surface area contributed by atoms with Crippen molar-refractivity contribution in [3.05, 3.63) is 23.3 Å². The van der Waals surface area contributed by atoms with Crippen LogP contribution in [-0.2, 0) is 4.79 Å². The zero-order valence-corrected chi connectivity index (χ0v) is 11.3. The Balaban J connectivity index is 3.06. The SMILES string of the molecule is C/C=C1/CC(C(=O)O)(N(C)C)C/C1=C/CCC. The Hall–Kier alpha value is -1.09. The molecular weight excluding hydrogens is 214 g/mol. The summed E-state index contributed by atoms with van der Waals surface area (Å²) in [5.74, 6) is -0.721. The van der Waals surface area contributed by atoms with E-state index in [0.717, 1.165) is 12.8 Å². The number of carbonyl (C=O) groups is 1. The van der Waals surface area contributed by atoms with Crippen LogP contribution in [-0.4, -0.2) is 35.6 Å². The highest BCUT2D eigenvalue weighted by Gasteiger charge is 2.47. The van der Waals surface area contributed by atoms with Crippen molar-refractivity contribution in [3.63, 3.8) is 0 Å². The predicted octanol–water partition coefficient (Wildman–Crippen LogP) is 2.84. The van der Waals surface area contributed by atoms with Gasteiger partial charge in [0.1, 0.15) is 5.54 Å². The average Bonchev–Trinajstić information content (AvgIpc) is 2.66. The van der Waals surface area contributed by atoms with E-state index < -0.39 is 11.5 Å². The molecule has 0 aromatic rings. The van der Waals surface area contributed by atoms with Crippen LogP contribution in [0.3, 0.4) is 0 Å². The van der Waals surface area contributed by atoms with E-state index in [4.69, 9.17) is 0 Å². The number of carboxylic acids is 1. The lowest BCUT2D eigenvalue weighted by Crippen LogP contribution is -2.48. The Kier molecular flexibility index (Phi) is 4.52. The molecule has 0 bridgehead atoms. The Bertz CT molecular complexity index is 355. The van der Waals surface area contributed by atoms with Crippen molar-refractivity contribution in [2.45, 2.75) is 45.1 Å². The van der Waals surface area contributed by atoms with Gasteiger partial charge in [-0.1, -0.05) is 25.5 Å². The van der Waals surface area contributed by atoms with Crippen molar-refractivity contribution in [2.24, 2.45) is 0 Å². The Morgan fingerprint density at radius 3 is 2.41 bits per heavy atom. The first-order valence-electron chi connectivity index (χ1n) is 6.23. The van der Waals surface area contributed by atoms with Crippen molar-refractivity contribution in [1.29, 1.82) is 0 Å². The lowest BCUT2D eigenvalue weighted by molar-refractivity contribution is -0.149. The van der Waals surface area contributed by atoms with Crippen LogP contribution in [0.5, 0.6) is 0 Å². The van der Waals surface area contributed by atoms with Crippen LogP contribution in [0.25, 0.3) is 0 Å². The highest BCUT2D eigenvalue weighted by atomic mass is 16.4. The monoisotopic (exact) mass is 237 g/mol. The molecule has 3 nitrogen and oxygen atoms in total. The maximum Gasteiger partial charge on any atom is 0.324 e. The second-order valence-corrected chi connectivity index (χ2v) is 4.92. The fourth-order valence-corrected chi connectivity index (χ4v) is 2.39. The molecule has 1 N–H and O–H groups in total. The molecule has 0 aromatic heterocycles. The van der Waals surface area contributed by atoms with Gasteiger partial charge >= 0.3 is 5.97 Å². The van der Waals surface area contributed by atoms with Crippen LogP contribution in [0.4, 0.5) is 0 Å². The van der Waals surface area contributed by atoms with E-state index in [9.17, 15) is 9.90 Å². The zero-order chi connectivity index (χ0) is 13.1. The minimum Gasteiger partial charge on any atom is -0.480 e. The normalized spacial score (nSPS) is 29.5. The minimum absolute atomic E-state index is 0.612. The molecule has 1 aliphatic carbocycles. The molecule has 0 saturated heterocycles. The number of allylic oxidation sites excluding steroid dienone is 2. The molecule has 96 valence electrons. The summed E-state index contributed by atoms with van der Waals surface area (Å²) in [6.45, 7) is 4.13. The second kappa shape index (κ2) is 5.50. The first kappa shape index (κ1) is 14.0. The molecule has 1 unspecified atom stereocenters. The number of hydrogen-bond acceptors (Lipinski definition) is 2. The van der Waals surface area contributed by atoms with Crippen molar-refractivity contribution in [3.8, 4) is 0 Å². The number of unbranched alkanes of at least 4 members (excludes halogenated alkanes) is 1. The molecular formula is C14H23NO2. The van der Waals surface area contributed by atoms with E-state index in [1.54, 1.807) is 0 Å². The largest absolute Gasteiger partial charge is 0.480 e. The highest BCUT2D eigenvalue weighted by molar-refractivity contribution is 5.82. The summed E-state index contributed by atoms with van der Waals surface area (Å²) in [5.41, 5.74) is 1.65. The minimum atomic E-state index is -0.749. The molecule has 1 rings (SSSR count). The second-order valence-electron chi connectivity index (χ2n) is 4.92. The van der Waals surface area contributed by atoms with Gasteiger partial charge < -0.3 is 5.11 Å². The quantitative estimate of drug-likeness (QED) is 0.817. The van der Waals surface area contributed by atoms with E-state index in [0.29, 0.717) is 12.8 Å². The molecule has 0 amide bonds. The molecule has 0 aliphatic heterocycles. The molecule has 0 heterocycles. The lowest BCUT2D eigenvalue weighted by Gasteiger charge is -2.31. The number of nitrogens with zero attached hydrogens (tertiary/aromatic N) is 1. The molecule has 1 aliphatic rings. The summed E-state index contributed by atoms with van der Waals surface area (Å²) < 4.78 is 0. The summed E-state index contributed by atoms with van der Waals surface area (Å²) in [4.78, 5) is 13.4. The zero-order valence-electron chi connectivity index (χ0n) is 11.3. The predicted molar refractivity (Wildman–Crippen MR) is 70.0 cm³/mol. The number of rotatable bonds is 4. The molecule has 1 fully saturated rings. The first-order valence-corrected chi connectivity index (χ1v) is 6.23. The number of hydrogen-bond donors (Lipinski definition) is 1. The van der Waals surface area contributed by atoms with Crippen molar-refractivity contribution in [2.75, 3.05) is 14.1 Å². The summed E-state index contributed by atoms with van der Waals surface area (Å²) in [6.07, 6.45) is 7.61. The van der Waals surface area contributed by atoms with E-state index in [2.05, 4.69) is 19.1 Å². The third-order valence-electron chi connectivity index (χ3n) is 3.66. The Morgan fingerprint density at radius 2 is 2.00 bits per heavy atom. The van der Waals surface area contributed by atoms with Gasteiger partial charge in [0.15, 0.2) is 0 Å². The standard InChI is InChI=1S/C14H23NO2/c1-5-7-8-12-10-14(13(16)17,15(3)4)9-11(12)6-2/h6,8H,5,7,9-10H2,1-4H3,(H,16,17)/b11-6-,12-8-. The van der Waals surface area contributed by atoms with Crippen molar-refractivity contribution >= 4 is 5.97 Å². The first-order chi connectivity index (χ1) is 7.97. The lowest BCUT2D eigenvalue weighted by atomic mass is 9.95. The van der Waals surface area contributed by atoms with Crippen molar-refractivity contribution in [1.82, 2.24) is 4.90 Å². The van der Waals surface area contributed by atoms with Gasteiger partial charge in [0.05, 0.1) is 0 Å². The fraction of sp³-hybridized carbons (Fsp3) is 0.643. The van der Waals surface area contributed by atoms with E-state index in [-0.39, 0.29) is 0 Å². The fourth-order valence-electron chi connectivity index (χ4n) is 2.39. The van der Waals surface area contributed by atoms with Crippen LogP contribution >= 0.6 is 0 Å².